The average Bonchev–Trinajstić information content (AvgIpc) is 2.40. The third-order valence-corrected chi connectivity index (χ3v) is 2.75. The molecule has 0 aliphatic rings. The van der Waals surface area contributed by atoms with Crippen molar-refractivity contribution < 1.29 is 4.74 Å². The van der Waals surface area contributed by atoms with Crippen LogP contribution in [0.1, 0.15) is 0 Å². The topological polar surface area (TPSA) is 38.5 Å². The molecular formula is C14H12N2OS2. The summed E-state index contributed by atoms with van der Waals surface area (Å²) in [7, 11) is 0. The molecule has 2 aromatic rings. The number of anilines is 2. The van der Waals surface area contributed by atoms with Crippen molar-refractivity contribution in [1.29, 1.82) is 0 Å². The Morgan fingerprint density at radius 3 is 1.63 bits per heavy atom. The van der Waals surface area contributed by atoms with Crippen LogP contribution in [-0.2, 0) is 4.74 Å². The summed E-state index contributed by atoms with van der Waals surface area (Å²) in [6.07, 6.45) is 0. The summed E-state index contributed by atoms with van der Waals surface area (Å²) in [5, 5.41) is 0.103. The fraction of sp³-hybridized carbons (Fsp3) is 0. The quantitative estimate of drug-likeness (QED) is 0.858. The normalized spacial score (nSPS) is 9.68. The first-order valence-electron chi connectivity index (χ1n) is 5.60. The van der Waals surface area contributed by atoms with Gasteiger partial charge in [-0.1, -0.05) is 36.4 Å². The summed E-state index contributed by atoms with van der Waals surface area (Å²) < 4.78 is 5.19. The average molecular weight is 288 g/mol. The zero-order valence-corrected chi connectivity index (χ0v) is 11.7. The molecule has 0 saturated heterocycles. The predicted octanol–water partition coefficient (Wildman–Crippen LogP) is 3.37. The third-order valence-electron chi connectivity index (χ3n) is 2.40. The van der Waals surface area contributed by atoms with Gasteiger partial charge in [-0.2, -0.15) is 0 Å². The van der Waals surface area contributed by atoms with Gasteiger partial charge in [0.25, 0.3) is 10.3 Å². The number of nitrogens with zero attached hydrogens (tertiary/aromatic N) is 1. The Kier molecular flexibility index (Phi) is 4.43. The van der Waals surface area contributed by atoms with Crippen molar-refractivity contribution in [2.75, 3.05) is 4.90 Å². The molecule has 0 spiro atoms. The van der Waals surface area contributed by atoms with Crippen molar-refractivity contribution in [3.05, 3.63) is 60.7 Å². The predicted molar refractivity (Wildman–Crippen MR) is 85.5 cm³/mol. The highest BCUT2D eigenvalue weighted by molar-refractivity contribution is 7.81. The van der Waals surface area contributed by atoms with Crippen molar-refractivity contribution in [3.63, 3.8) is 0 Å². The van der Waals surface area contributed by atoms with Gasteiger partial charge in [-0.3, -0.25) is 4.90 Å². The molecule has 96 valence electrons. The zero-order valence-electron chi connectivity index (χ0n) is 10.0. The lowest BCUT2D eigenvalue weighted by molar-refractivity contribution is 0.556. The first-order valence-corrected chi connectivity index (χ1v) is 6.41. The summed E-state index contributed by atoms with van der Waals surface area (Å²) in [4.78, 5) is 1.77. The molecule has 2 rings (SSSR count). The van der Waals surface area contributed by atoms with E-state index in [1.807, 2.05) is 60.7 Å². The third kappa shape index (κ3) is 3.49. The first-order chi connectivity index (χ1) is 9.18. The summed E-state index contributed by atoms with van der Waals surface area (Å²) in [6, 6.07) is 19.3. The lowest BCUT2D eigenvalue weighted by Crippen LogP contribution is -2.30. The molecule has 0 unspecified atom stereocenters. The van der Waals surface area contributed by atoms with Gasteiger partial charge in [0.05, 0.1) is 0 Å². The number of hydrogen-bond acceptors (Lipinski definition) is 3. The molecule has 0 aromatic heterocycles. The molecule has 0 fully saturated rings. The number of ether oxygens (including phenoxy) is 1. The van der Waals surface area contributed by atoms with Gasteiger partial charge in [-0.15, -0.1) is 0 Å². The summed E-state index contributed by atoms with van der Waals surface area (Å²) in [5.41, 5.74) is 7.15. The molecular weight excluding hydrogens is 276 g/mol. The van der Waals surface area contributed by atoms with Gasteiger partial charge in [-0.25, -0.2) is 0 Å². The molecule has 5 heteroatoms. The van der Waals surface area contributed by atoms with Crippen LogP contribution in [0.15, 0.2) is 60.7 Å². The highest BCUT2D eigenvalue weighted by Crippen LogP contribution is 2.25. The minimum Gasteiger partial charge on any atom is -0.404 e. The van der Waals surface area contributed by atoms with Crippen LogP contribution in [0.2, 0.25) is 0 Å². The number of para-hydroxylation sites is 2. The Hall–Kier alpha value is -1.98. The van der Waals surface area contributed by atoms with E-state index in [4.69, 9.17) is 34.9 Å². The summed E-state index contributed by atoms with van der Waals surface area (Å²) in [6.45, 7) is 0. The molecule has 0 amide bonds. The minimum atomic E-state index is -0.0955. The SMILES string of the molecule is NC(=S)OC(=S)N(c1ccccc1)c1ccccc1. The molecule has 0 aliphatic heterocycles. The Morgan fingerprint density at radius 1 is 0.842 bits per heavy atom. The van der Waals surface area contributed by atoms with E-state index in [1.165, 1.54) is 0 Å². The second-order valence-electron chi connectivity index (χ2n) is 3.69. The standard InChI is InChI=1S/C14H12N2OS2/c15-13(18)17-14(19)16(11-7-3-1-4-8-11)12-9-5-2-6-10-12/h1-10H,(H2,15,18). The Balaban J connectivity index is 2.40. The Bertz CT molecular complexity index is 533. The lowest BCUT2D eigenvalue weighted by atomic mass is 10.2. The van der Waals surface area contributed by atoms with Gasteiger partial charge in [0, 0.05) is 11.4 Å². The fourth-order valence-electron chi connectivity index (χ4n) is 1.65. The first kappa shape index (κ1) is 13.5. The van der Waals surface area contributed by atoms with Crippen LogP contribution in [-0.4, -0.2) is 10.3 Å². The van der Waals surface area contributed by atoms with Crippen LogP contribution in [0.3, 0.4) is 0 Å². The van der Waals surface area contributed by atoms with E-state index in [2.05, 4.69) is 0 Å². The van der Waals surface area contributed by atoms with Crippen LogP contribution in [0.5, 0.6) is 0 Å². The molecule has 2 aromatic carbocycles. The highest BCUT2D eigenvalue weighted by Gasteiger charge is 2.16. The smallest absolute Gasteiger partial charge is 0.276 e. The number of rotatable bonds is 2. The Labute approximate surface area is 122 Å². The van der Waals surface area contributed by atoms with E-state index in [1.54, 1.807) is 4.90 Å². The summed E-state index contributed by atoms with van der Waals surface area (Å²) >= 11 is 9.98. The number of benzene rings is 2. The van der Waals surface area contributed by atoms with E-state index >= 15 is 0 Å². The number of nitrogens with two attached hydrogens (primary N) is 1. The van der Waals surface area contributed by atoms with Gasteiger partial charge in [0.1, 0.15) is 0 Å². The second kappa shape index (κ2) is 6.26. The lowest BCUT2D eigenvalue weighted by Gasteiger charge is -2.24. The number of hydrogen-bond donors (Lipinski definition) is 1. The van der Waals surface area contributed by atoms with Crippen LogP contribution in [0, 0.1) is 0 Å². The second-order valence-corrected chi connectivity index (χ2v) is 4.45. The Morgan fingerprint density at radius 2 is 1.26 bits per heavy atom. The van der Waals surface area contributed by atoms with Crippen LogP contribution in [0.25, 0.3) is 0 Å². The molecule has 0 radical (unpaired) electrons. The fourth-order valence-corrected chi connectivity index (χ4v) is 2.08. The van der Waals surface area contributed by atoms with E-state index in [0.29, 0.717) is 0 Å². The van der Waals surface area contributed by atoms with Crippen LogP contribution < -0.4 is 10.6 Å². The maximum absolute atomic E-state index is 5.38. The van der Waals surface area contributed by atoms with E-state index in [9.17, 15) is 0 Å². The summed E-state index contributed by atoms with van der Waals surface area (Å²) in [5.74, 6) is 0. The van der Waals surface area contributed by atoms with Crippen LogP contribution >= 0.6 is 24.4 Å². The van der Waals surface area contributed by atoms with Crippen LogP contribution in [0.4, 0.5) is 11.4 Å². The molecule has 0 aliphatic carbocycles. The molecule has 0 bridgehead atoms. The van der Waals surface area contributed by atoms with Gasteiger partial charge >= 0.3 is 0 Å². The van der Waals surface area contributed by atoms with Gasteiger partial charge in [0.15, 0.2) is 0 Å². The van der Waals surface area contributed by atoms with Gasteiger partial charge in [-0.05, 0) is 48.7 Å². The van der Waals surface area contributed by atoms with Gasteiger partial charge < -0.3 is 10.5 Å². The van der Waals surface area contributed by atoms with Crippen molar-refractivity contribution in [1.82, 2.24) is 0 Å². The van der Waals surface area contributed by atoms with E-state index in [0.717, 1.165) is 11.4 Å². The maximum Gasteiger partial charge on any atom is 0.276 e. The zero-order chi connectivity index (χ0) is 13.7. The molecule has 3 nitrogen and oxygen atoms in total. The maximum atomic E-state index is 5.38. The van der Waals surface area contributed by atoms with Crippen molar-refractivity contribution >= 4 is 46.2 Å². The van der Waals surface area contributed by atoms with Crippen molar-refractivity contribution in [2.24, 2.45) is 5.73 Å². The molecule has 2 N–H and O–H groups in total. The number of thiocarbonyl (C=S) groups is 2. The van der Waals surface area contributed by atoms with Crippen molar-refractivity contribution in [3.8, 4) is 0 Å². The molecule has 0 heterocycles. The monoisotopic (exact) mass is 288 g/mol. The van der Waals surface area contributed by atoms with E-state index in [-0.39, 0.29) is 10.3 Å². The molecule has 19 heavy (non-hydrogen) atoms. The van der Waals surface area contributed by atoms with E-state index < -0.39 is 0 Å². The largest absolute Gasteiger partial charge is 0.404 e. The van der Waals surface area contributed by atoms with Crippen molar-refractivity contribution in [2.45, 2.75) is 0 Å². The highest BCUT2D eigenvalue weighted by atomic mass is 32.1. The minimum absolute atomic E-state index is 0.0955. The van der Waals surface area contributed by atoms with Gasteiger partial charge in [0.2, 0.25) is 0 Å². The molecule has 0 atom stereocenters. The molecule has 0 saturated carbocycles.